The van der Waals surface area contributed by atoms with Crippen LogP contribution in [-0.2, 0) is 11.2 Å². The Morgan fingerprint density at radius 2 is 1.91 bits per heavy atom. The van der Waals surface area contributed by atoms with Gasteiger partial charge in [0.2, 0.25) is 0 Å². The summed E-state index contributed by atoms with van der Waals surface area (Å²) in [4.78, 5) is 31.4. The summed E-state index contributed by atoms with van der Waals surface area (Å²) in [7, 11) is 0. The van der Waals surface area contributed by atoms with Crippen molar-refractivity contribution in [1.82, 2.24) is 9.88 Å². The molecule has 1 amide bonds. The molecule has 4 rings (SSSR count). The maximum atomic E-state index is 13.0. The van der Waals surface area contributed by atoms with Crippen LogP contribution in [0.4, 0.5) is 0 Å². The quantitative estimate of drug-likeness (QED) is 0.583. The molecule has 0 saturated carbocycles. The Morgan fingerprint density at radius 3 is 2.56 bits per heavy atom. The molecule has 3 aromatic rings. The van der Waals surface area contributed by atoms with E-state index < -0.39 is 12.1 Å². The lowest BCUT2D eigenvalue weighted by Gasteiger charge is -2.23. The number of nitrogens with zero attached hydrogens (tertiary/aromatic N) is 2. The molecular weight excluding hydrogens is 408 g/mol. The van der Waals surface area contributed by atoms with Crippen LogP contribution < -0.4 is 4.74 Å². The predicted octanol–water partition coefficient (Wildman–Crippen LogP) is 3.52. The van der Waals surface area contributed by atoms with Crippen molar-refractivity contribution >= 4 is 11.7 Å². The fourth-order valence-corrected chi connectivity index (χ4v) is 4.00. The van der Waals surface area contributed by atoms with Crippen molar-refractivity contribution in [2.45, 2.75) is 38.3 Å². The van der Waals surface area contributed by atoms with Crippen LogP contribution in [0.1, 0.15) is 35.7 Å². The lowest BCUT2D eigenvalue weighted by atomic mass is 10.00. The highest BCUT2D eigenvalue weighted by molar-refractivity contribution is 5.98. The molecule has 0 bridgehead atoms. The molecule has 2 heterocycles. The van der Waals surface area contributed by atoms with Gasteiger partial charge in [-0.2, -0.15) is 0 Å². The second kappa shape index (κ2) is 9.78. The van der Waals surface area contributed by atoms with E-state index in [1.807, 2.05) is 31.2 Å². The number of oxazole rings is 1. The van der Waals surface area contributed by atoms with E-state index in [0.717, 1.165) is 11.1 Å². The first-order chi connectivity index (χ1) is 15.5. The van der Waals surface area contributed by atoms with Gasteiger partial charge < -0.3 is 19.2 Å². The Bertz CT molecular complexity index is 1040. The van der Waals surface area contributed by atoms with E-state index in [1.54, 1.807) is 30.5 Å². The number of aliphatic hydroxyl groups is 1. The van der Waals surface area contributed by atoms with Gasteiger partial charge in [-0.15, -0.1) is 0 Å². The van der Waals surface area contributed by atoms with Crippen molar-refractivity contribution in [3.63, 3.8) is 0 Å². The minimum atomic E-state index is -0.697. The average Bonchev–Trinajstić information content (AvgIpc) is 3.48. The SMILES string of the molecule is CCOc1ccc(C(=O)N2C[C@H](O)C[C@H]2C(=O)CCc2ccc(-c3cnco3)cc2)cc1. The van der Waals surface area contributed by atoms with Crippen molar-refractivity contribution in [2.75, 3.05) is 13.2 Å². The number of aromatic nitrogens is 1. The van der Waals surface area contributed by atoms with Crippen LogP contribution in [0.5, 0.6) is 5.75 Å². The van der Waals surface area contributed by atoms with E-state index in [9.17, 15) is 14.7 Å². The third kappa shape index (κ3) is 4.89. The van der Waals surface area contributed by atoms with Gasteiger partial charge in [-0.1, -0.05) is 24.3 Å². The van der Waals surface area contributed by atoms with Crippen LogP contribution in [0.2, 0.25) is 0 Å². The van der Waals surface area contributed by atoms with Gasteiger partial charge in [0.1, 0.15) is 5.75 Å². The summed E-state index contributed by atoms with van der Waals surface area (Å²) in [5, 5.41) is 10.2. The molecule has 1 N–H and O–H groups in total. The molecule has 1 aliphatic rings. The number of rotatable bonds is 8. The van der Waals surface area contributed by atoms with Crippen molar-refractivity contribution in [1.29, 1.82) is 0 Å². The van der Waals surface area contributed by atoms with Crippen LogP contribution in [0.25, 0.3) is 11.3 Å². The minimum absolute atomic E-state index is 0.0415. The summed E-state index contributed by atoms with van der Waals surface area (Å²) in [5.41, 5.74) is 2.41. The summed E-state index contributed by atoms with van der Waals surface area (Å²) in [5.74, 6) is 1.09. The van der Waals surface area contributed by atoms with Crippen LogP contribution in [-0.4, -0.2) is 52.0 Å². The summed E-state index contributed by atoms with van der Waals surface area (Å²) in [6.45, 7) is 2.60. The van der Waals surface area contributed by atoms with Gasteiger partial charge >= 0.3 is 0 Å². The number of carbonyl (C=O) groups excluding carboxylic acids is 2. The topological polar surface area (TPSA) is 92.9 Å². The summed E-state index contributed by atoms with van der Waals surface area (Å²) in [6, 6.07) is 14.0. The Morgan fingerprint density at radius 1 is 1.16 bits per heavy atom. The van der Waals surface area contributed by atoms with Crippen LogP contribution >= 0.6 is 0 Å². The number of ether oxygens (including phenoxy) is 1. The number of aryl methyl sites for hydroxylation is 1. The van der Waals surface area contributed by atoms with Gasteiger partial charge in [-0.05, 0) is 43.2 Å². The summed E-state index contributed by atoms with van der Waals surface area (Å²) < 4.78 is 10.7. The molecule has 1 aromatic heterocycles. The molecule has 1 aliphatic heterocycles. The number of amides is 1. The maximum Gasteiger partial charge on any atom is 0.254 e. The van der Waals surface area contributed by atoms with Crippen LogP contribution in [0.3, 0.4) is 0 Å². The lowest BCUT2D eigenvalue weighted by Crippen LogP contribution is -2.40. The van der Waals surface area contributed by atoms with Crippen molar-refractivity contribution in [2.24, 2.45) is 0 Å². The predicted molar refractivity (Wildman–Crippen MR) is 118 cm³/mol. The Hall–Kier alpha value is -3.45. The second-order valence-electron chi connectivity index (χ2n) is 7.85. The number of ketones is 1. The average molecular weight is 434 g/mol. The Balaban J connectivity index is 1.38. The Labute approximate surface area is 186 Å². The van der Waals surface area contributed by atoms with Gasteiger partial charge in [0.05, 0.1) is 24.9 Å². The van der Waals surface area contributed by atoms with E-state index >= 15 is 0 Å². The largest absolute Gasteiger partial charge is 0.494 e. The molecule has 1 saturated heterocycles. The number of benzene rings is 2. The fraction of sp³-hybridized carbons (Fsp3) is 0.320. The van der Waals surface area contributed by atoms with E-state index in [-0.39, 0.29) is 24.7 Å². The molecule has 32 heavy (non-hydrogen) atoms. The first-order valence-corrected chi connectivity index (χ1v) is 10.8. The number of Topliss-reactive ketones (excluding diaryl/α,β-unsaturated/α-hetero) is 1. The number of hydrogen-bond donors (Lipinski definition) is 1. The number of aliphatic hydroxyl groups excluding tert-OH is 1. The minimum Gasteiger partial charge on any atom is -0.494 e. The van der Waals surface area contributed by atoms with Gasteiger partial charge in [0.25, 0.3) is 5.91 Å². The number of carbonyl (C=O) groups is 2. The smallest absolute Gasteiger partial charge is 0.254 e. The van der Waals surface area contributed by atoms with Gasteiger partial charge in [0.15, 0.2) is 17.9 Å². The first-order valence-electron chi connectivity index (χ1n) is 10.8. The molecule has 2 atom stereocenters. The molecule has 0 aliphatic carbocycles. The van der Waals surface area contributed by atoms with Gasteiger partial charge in [-0.25, -0.2) is 4.98 Å². The number of hydrogen-bond acceptors (Lipinski definition) is 6. The van der Waals surface area contributed by atoms with Crippen molar-refractivity contribution in [3.8, 4) is 17.1 Å². The first kappa shape index (κ1) is 21.8. The van der Waals surface area contributed by atoms with E-state index in [2.05, 4.69) is 4.98 Å². The molecule has 2 aromatic carbocycles. The normalized spacial score (nSPS) is 18.0. The molecule has 166 valence electrons. The Kier molecular flexibility index (Phi) is 6.66. The lowest BCUT2D eigenvalue weighted by molar-refractivity contribution is -0.122. The zero-order valence-electron chi connectivity index (χ0n) is 17.9. The fourth-order valence-electron chi connectivity index (χ4n) is 4.00. The number of likely N-dealkylation sites (tertiary alicyclic amines) is 1. The molecule has 1 fully saturated rings. The third-order valence-corrected chi connectivity index (χ3v) is 5.65. The van der Waals surface area contributed by atoms with E-state index in [0.29, 0.717) is 36.5 Å². The zero-order chi connectivity index (χ0) is 22.5. The van der Waals surface area contributed by atoms with Crippen LogP contribution in [0, 0.1) is 0 Å². The highest BCUT2D eigenvalue weighted by Gasteiger charge is 2.38. The monoisotopic (exact) mass is 434 g/mol. The molecule has 0 unspecified atom stereocenters. The second-order valence-corrected chi connectivity index (χ2v) is 7.85. The summed E-state index contributed by atoms with van der Waals surface area (Å²) >= 11 is 0. The van der Waals surface area contributed by atoms with Crippen molar-refractivity contribution in [3.05, 3.63) is 72.2 Å². The van der Waals surface area contributed by atoms with E-state index in [1.165, 1.54) is 11.3 Å². The molecule has 0 radical (unpaired) electrons. The molecule has 7 nitrogen and oxygen atoms in total. The van der Waals surface area contributed by atoms with Gasteiger partial charge in [0, 0.05) is 30.5 Å². The van der Waals surface area contributed by atoms with Crippen molar-refractivity contribution < 1.29 is 23.8 Å². The standard InChI is InChI=1S/C25H26N2O5/c1-2-31-21-10-8-19(9-11-21)25(30)27-15-20(28)13-22(27)23(29)12-5-17-3-6-18(7-4-17)24-14-26-16-32-24/h3-4,6-11,14,16,20,22,28H,2,5,12-13,15H2,1H3/t20-,22+/m1/s1. The highest BCUT2D eigenvalue weighted by atomic mass is 16.5. The molecule has 0 spiro atoms. The maximum absolute atomic E-state index is 13.0. The number of β-amino-alcohol motifs (C(OH)–C–C–N with tert-alkyl or cyclic N) is 1. The highest BCUT2D eigenvalue weighted by Crippen LogP contribution is 2.25. The zero-order valence-corrected chi connectivity index (χ0v) is 17.9. The molecule has 7 heteroatoms. The van der Waals surface area contributed by atoms with Crippen LogP contribution in [0.15, 0.2) is 65.5 Å². The third-order valence-electron chi connectivity index (χ3n) is 5.65. The van der Waals surface area contributed by atoms with E-state index in [4.69, 9.17) is 9.15 Å². The summed E-state index contributed by atoms with van der Waals surface area (Å²) in [6.07, 6.45) is 3.47. The van der Waals surface area contributed by atoms with Gasteiger partial charge in [-0.3, -0.25) is 9.59 Å². The molecular formula is C25H26N2O5.